The normalized spacial score (nSPS) is 17.5. The van der Waals surface area contributed by atoms with Gasteiger partial charge in [0.2, 0.25) is 0 Å². The van der Waals surface area contributed by atoms with Gasteiger partial charge in [-0.05, 0) is 49.9 Å². The fraction of sp³-hybridized carbons (Fsp3) is 0.333. The van der Waals surface area contributed by atoms with Crippen LogP contribution < -0.4 is 4.74 Å². The summed E-state index contributed by atoms with van der Waals surface area (Å²) in [6.07, 6.45) is 6.68. The number of carbonyl (C=O) groups is 1. The van der Waals surface area contributed by atoms with E-state index in [1.165, 1.54) is 0 Å². The van der Waals surface area contributed by atoms with Gasteiger partial charge in [0.1, 0.15) is 11.3 Å². The number of rotatable bonds is 3. The summed E-state index contributed by atoms with van der Waals surface area (Å²) in [5.74, 6) is 1.09. The van der Waals surface area contributed by atoms with E-state index in [4.69, 9.17) is 9.15 Å². The Kier molecular flexibility index (Phi) is 4.37. The molecular formula is C21H22N2O3. The predicted octanol–water partition coefficient (Wildman–Crippen LogP) is 4.51. The van der Waals surface area contributed by atoms with Crippen LogP contribution in [0.1, 0.15) is 47.0 Å². The molecule has 0 bridgehead atoms. The minimum Gasteiger partial charge on any atom is -0.497 e. The second-order valence-corrected chi connectivity index (χ2v) is 6.71. The minimum absolute atomic E-state index is 0.0482. The molecule has 0 N–H and O–H groups in total. The summed E-state index contributed by atoms with van der Waals surface area (Å²) < 4.78 is 11.2. The summed E-state index contributed by atoms with van der Waals surface area (Å²) in [4.78, 5) is 19.5. The van der Waals surface area contributed by atoms with Crippen molar-refractivity contribution in [1.82, 2.24) is 9.88 Å². The van der Waals surface area contributed by atoms with E-state index in [9.17, 15) is 4.79 Å². The number of furan rings is 1. The quantitative estimate of drug-likeness (QED) is 0.697. The van der Waals surface area contributed by atoms with E-state index in [1.54, 1.807) is 13.3 Å². The number of fused-ring (bicyclic) bond motifs is 1. The van der Waals surface area contributed by atoms with Crippen LogP contribution in [0.2, 0.25) is 0 Å². The van der Waals surface area contributed by atoms with Crippen LogP contribution in [0.5, 0.6) is 5.75 Å². The number of pyridine rings is 1. The Morgan fingerprint density at radius 2 is 2.19 bits per heavy atom. The van der Waals surface area contributed by atoms with E-state index in [1.807, 2.05) is 48.4 Å². The van der Waals surface area contributed by atoms with Gasteiger partial charge in [-0.25, -0.2) is 0 Å². The van der Waals surface area contributed by atoms with Crippen LogP contribution in [0.4, 0.5) is 0 Å². The van der Waals surface area contributed by atoms with Gasteiger partial charge in [0.15, 0.2) is 5.76 Å². The number of methoxy groups -OCH3 is 1. The molecule has 1 amide bonds. The molecule has 134 valence electrons. The van der Waals surface area contributed by atoms with Gasteiger partial charge in [-0.2, -0.15) is 0 Å². The first kappa shape index (κ1) is 16.6. The summed E-state index contributed by atoms with van der Waals surface area (Å²) >= 11 is 0. The first-order valence-corrected chi connectivity index (χ1v) is 8.97. The lowest BCUT2D eigenvalue weighted by atomic mass is 9.96. The predicted molar refractivity (Wildman–Crippen MR) is 99.4 cm³/mol. The summed E-state index contributed by atoms with van der Waals surface area (Å²) in [6, 6.07) is 9.67. The zero-order valence-electron chi connectivity index (χ0n) is 15.1. The van der Waals surface area contributed by atoms with Crippen molar-refractivity contribution in [3.63, 3.8) is 0 Å². The van der Waals surface area contributed by atoms with Crippen molar-refractivity contribution in [2.24, 2.45) is 0 Å². The number of aromatic nitrogens is 1. The highest BCUT2D eigenvalue weighted by Crippen LogP contribution is 2.34. The molecule has 4 rings (SSSR count). The molecule has 0 saturated carbocycles. The average Bonchev–Trinajstić information content (AvgIpc) is 3.04. The highest BCUT2D eigenvalue weighted by Gasteiger charge is 2.32. The van der Waals surface area contributed by atoms with Crippen LogP contribution in [0.3, 0.4) is 0 Å². The lowest BCUT2D eigenvalue weighted by Crippen LogP contribution is -2.38. The number of benzene rings is 1. The summed E-state index contributed by atoms with van der Waals surface area (Å²) in [6.45, 7) is 2.67. The third kappa shape index (κ3) is 2.83. The molecule has 3 aromatic rings. The van der Waals surface area contributed by atoms with Crippen LogP contribution in [0.25, 0.3) is 11.0 Å². The van der Waals surface area contributed by atoms with E-state index >= 15 is 0 Å². The molecule has 5 heteroatoms. The van der Waals surface area contributed by atoms with E-state index in [2.05, 4.69) is 4.98 Å². The average molecular weight is 350 g/mol. The molecule has 0 radical (unpaired) electrons. The summed E-state index contributed by atoms with van der Waals surface area (Å²) in [5.41, 5.74) is 2.64. The molecule has 26 heavy (non-hydrogen) atoms. The molecule has 1 atom stereocenters. The lowest BCUT2D eigenvalue weighted by molar-refractivity contribution is 0.0580. The zero-order chi connectivity index (χ0) is 18.1. The van der Waals surface area contributed by atoms with Crippen LogP contribution in [0.15, 0.2) is 47.1 Å². The Morgan fingerprint density at radius 1 is 1.31 bits per heavy atom. The number of carbonyl (C=O) groups excluding carboxylic acids is 1. The smallest absolute Gasteiger partial charge is 0.290 e. The molecule has 1 fully saturated rings. The Hall–Kier alpha value is -2.82. The highest BCUT2D eigenvalue weighted by molar-refractivity contribution is 5.99. The Labute approximate surface area is 152 Å². The summed E-state index contributed by atoms with van der Waals surface area (Å²) in [7, 11) is 1.62. The van der Waals surface area contributed by atoms with Crippen LogP contribution >= 0.6 is 0 Å². The molecule has 1 aliphatic heterocycles. The van der Waals surface area contributed by atoms with Gasteiger partial charge in [0, 0.05) is 36.0 Å². The molecule has 1 aliphatic rings. The van der Waals surface area contributed by atoms with Crippen molar-refractivity contribution in [1.29, 1.82) is 0 Å². The number of piperidine rings is 1. The van der Waals surface area contributed by atoms with Gasteiger partial charge in [0.05, 0.1) is 13.2 Å². The maximum absolute atomic E-state index is 13.3. The number of hydrogen-bond acceptors (Lipinski definition) is 4. The van der Waals surface area contributed by atoms with E-state index in [0.717, 1.165) is 48.1 Å². The monoisotopic (exact) mass is 350 g/mol. The molecule has 0 spiro atoms. The maximum atomic E-state index is 13.3. The third-order valence-corrected chi connectivity index (χ3v) is 5.17. The molecule has 1 aromatic carbocycles. The molecule has 0 aliphatic carbocycles. The molecule has 1 saturated heterocycles. The van der Waals surface area contributed by atoms with Crippen molar-refractivity contribution in [3.8, 4) is 5.75 Å². The first-order chi connectivity index (χ1) is 12.7. The van der Waals surface area contributed by atoms with Crippen molar-refractivity contribution in [2.75, 3.05) is 13.7 Å². The Balaban J connectivity index is 1.71. The zero-order valence-corrected chi connectivity index (χ0v) is 15.1. The second kappa shape index (κ2) is 6.83. The van der Waals surface area contributed by atoms with Crippen LogP contribution in [-0.2, 0) is 0 Å². The van der Waals surface area contributed by atoms with Crippen molar-refractivity contribution in [3.05, 3.63) is 59.6 Å². The number of hydrogen-bond donors (Lipinski definition) is 0. The minimum atomic E-state index is -0.0498. The second-order valence-electron chi connectivity index (χ2n) is 6.71. The van der Waals surface area contributed by atoms with E-state index in [-0.39, 0.29) is 11.9 Å². The molecule has 5 nitrogen and oxygen atoms in total. The fourth-order valence-electron chi connectivity index (χ4n) is 3.76. The maximum Gasteiger partial charge on any atom is 0.290 e. The van der Waals surface area contributed by atoms with Crippen LogP contribution in [0, 0.1) is 6.92 Å². The topological polar surface area (TPSA) is 55.6 Å². The number of ether oxygens (including phenoxy) is 1. The summed E-state index contributed by atoms with van der Waals surface area (Å²) in [5, 5.41) is 0.948. The van der Waals surface area contributed by atoms with Crippen molar-refractivity contribution >= 4 is 16.9 Å². The largest absolute Gasteiger partial charge is 0.497 e. The van der Waals surface area contributed by atoms with Gasteiger partial charge in [-0.15, -0.1) is 0 Å². The van der Waals surface area contributed by atoms with Gasteiger partial charge >= 0.3 is 0 Å². The third-order valence-electron chi connectivity index (χ3n) is 5.17. The van der Waals surface area contributed by atoms with Gasteiger partial charge < -0.3 is 14.1 Å². The molecule has 0 unspecified atom stereocenters. The van der Waals surface area contributed by atoms with Gasteiger partial charge in [-0.3, -0.25) is 9.78 Å². The Bertz CT molecular complexity index is 933. The van der Waals surface area contributed by atoms with Crippen LogP contribution in [-0.4, -0.2) is 29.4 Å². The standard InChI is InChI=1S/C21H22N2O3/c1-14-17-9-8-16(25-2)12-19(17)26-20(14)21(24)23-11-4-3-7-18(23)15-6-5-10-22-13-15/h5-6,8-10,12-13,18H,3-4,7,11H2,1-2H3/t18-/m0/s1. The van der Waals surface area contributed by atoms with E-state index in [0.29, 0.717) is 11.3 Å². The van der Waals surface area contributed by atoms with Gasteiger partial charge in [-0.1, -0.05) is 6.07 Å². The van der Waals surface area contributed by atoms with Crippen molar-refractivity contribution < 1.29 is 13.9 Å². The molecule has 3 heterocycles. The van der Waals surface area contributed by atoms with Crippen molar-refractivity contribution in [2.45, 2.75) is 32.2 Å². The number of nitrogens with zero attached hydrogens (tertiary/aromatic N) is 2. The number of aryl methyl sites for hydroxylation is 1. The lowest BCUT2D eigenvalue weighted by Gasteiger charge is -2.35. The highest BCUT2D eigenvalue weighted by atomic mass is 16.5. The Morgan fingerprint density at radius 3 is 2.96 bits per heavy atom. The SMILES string of the molecule is COc1ccc2c(C)c(C(=O)N3CCCC[C@H]3c3cccnc3)oc2c1. The molecule has 2 aromatic heterocycles. The number of likely N-dealkylation sites (tertiary alicyclic amines) is 1. The first-order valence-electron chi connectivity index (χ1n) is 8.97. The van der Waals surface area contributed by atoms with Gasteiger partial charge in [0.25, 0.3) is 5.91 Å². The fourth-order valence-corrected chi connectivity index (χ4v) is 3.76. The molecular weight excluding hydrogens is 328 g/mol. The number of amides is 1. The van der Waals surface area contributed by atoms with E-state index < -0.39 is 0 Å².